The molecule has 1 amide bonds. The Morgan fingerprint density at radius 2 is 1.77 bits per heavy atom. The Bertz CT molecular complexity index is 1100. The van der Waals surface area contributed by atoms with Gasteiger partial charge in [0.15, 0.2) is 17.2 Å². The molecule has 0 unspecified atom stereocenters. The third-order valence-electron chi connectivity index (χ3n) is 4.29. The molecule has 0 bridgehead atoms. The average Bonchev–Trinajstić information content (AvgIpc) is 3.15. The zero-order valence-corrected chi connectivity index (χ0v) is 16.9. The lowest BCUT2D eigenvalue weighted by Gasteiger charge is -2.15. The fraction of sp³-hybridized carbons (Fsp3) is 0.190. The number of esters is 1. The number of aryl methyl sites for hydroxylation is 1. The monoisotopic (exact) mass is 431 g/mol. The normalized spacial score (nSPS) is 10.6. The number of ether oxygens (including phenoxy) is 3. The summed E-state index contributed by atoms with van der Waals surface area (Å²) in [4.78, 5) is 25.0. The Balaban J connectivity index is 1.97. The first-order valence-electron chi connectivity index (χ1n) is 9.02. The maximum atomic E-state index is 12.8. The third kappa shape index (κ3) is 4.80. The lowest BCUT2D eigenvalue weighted by molar-refractivity contribution is -0.0511. The summed E-state index contributed by atoms with van der Waals surface area (Å²) in [6.45, 7) is -1.36. The highest BCUT2D eigenvalue weighted by atomic mass is 19.3. The van der Waals surface area contributed by atoms with Crippen LogP contribution in [0.3, 0.4) is 0 Å². The van der Waals surface area contributed by atoms with Crippen LogP contribution in [0.15, 0.2) is 48.5 Å². The zero-order chi connectivity index (χ0) is 22.5. The summed E-state index contributed by atoms with van der Waals surface area (Å²) in [7, 11) is 2.38. The van der Waals surface area contributed by atoms with Crippen LogP contribution in [0.4, 0.5) is 14.5 Å². The first-order chi connectivity index (χ1) is 14.8. The van der Waals surface area contributed by atoms with Crippen molar-refractivity contribution in [1.82, 2.24) is 9.78 Å². The van der Waals surface area contributed by atoms with E-state index in [9.17, 15) is 18.4 Å². The van der Waals surface area contributed by atoms with Crippen molar-refractivity contribution in [2.24, 2.45) is 0 Å². The number of carbonyl (C=O) groups is 2. The van der Waals surface area contributed by atoms with Gasteiger partial charge < -0.3 is 19.5 Å². The molecular weight excluding hydrogens is 412 g/mol. The van der Waals surface area contributed by atoms with Crippen molar-refractivity contribution in [1.29, 1.82) is 0 Å². The quantitative estimate of drug-likeness (QED) is 0.572. The number of hydrogen-bond donors (Lipinski definition) is 1. The number of carbonyl (C=O) groups excluding carboxylic acids is 2. The molecular formula is C21H19F2N3O5. The number of alkyl halides is 2. The Labute approximate surface area is 176 Å². The Hall–Kier alpha value is -3.95. The second kappa shape index (κ2) is 9.24. The van der Waals surface area contributed by atoms with Crippen molar-refractivity contribution >= 4 is 17.6 Å². The van der Waals surface area contributed by atoms with Gasteiger partial charge in [-0.2, -0.15) is 13.9 Å². The van der Waals surface area contributed by atoms with Crippen LogP contribution in [0.5, 0.6) is 11.5 Å². The largest absolute Gasteiger partial charge is 0.493 e. The molecule has 0 saturated heterocycles. The van der Waals surface area contributed by atoms with Crippen LogP contribution >= 0.6 is 0 Å². The number of amides is 1. The zero-order valence-electron chi connectivity index (χ0n) is 16.9. The molecule has 0 aliphatic rings. The van der Waals surface area contributed by atoms with Gasteiger partial charge in [0.2, 0.25) is 0 Å². The predicted octanol–water partition coefficient (Wildman–Crippen LogP) is 3.83. The molecule has 162 valence electrons. The predicted molar refractivity (Wildman–Crippen MR) is 107 cm³/mol. The lowest BCUT2D eigenvalue weighted by Crippen LogP contribution is -2.17. The van der Waals surface area contributed by atoms with E-state index in [2.05, 4.69) is 15.2 Å². The van der Waals surface area contributed by atoms with E-state index in [0.29, 0.717) is 5.69 Å². The summed E-state index contributed by atoms with van der Waals surface area (Å²) in [6, 6.07) is 12.9. The minimum absolute atomic E-state index is 0.0596. The highest BCUT2D eigenvalue weighted by Crippen LogP contribution is 2.35. The molecule has 1 heterocycles. The molecule has 1 aromatic heterocycles. The Morgan fingerprint density at radius 3 is 2.39 bits per heavy atom. The molecule has 0 aliphatic carbocycles. The second-order valence-electron chi connectivity index (χ2n) is 6.29. The molecule has 0 fully saturated rings. The van der Waals surface area contributed by atoms with Crippen molar-refractivity contribution in [3.63, 3.8) is 0 Å². The van der Waals surface area contributed by atoms with Gasteiger partial charge in [0.1, 0.15) is 0 Å². The topological polar surface area (TPSA) is 91.7 Å². The van der Waals surface area contributed by atoms with Crippen LogP contribution in [0.1, 0.15) is 26.5 Å². The van der Waals surface area contributed by atoms with E-state index in [1.54, 1.807) is 17.7 Å². The summed E-state index contributed by atoms with van der Waals surface area (Å²) in [5.74, 6) is -1.94. The van der Waals surface area contributed by atoms with Gasteiger partial charge in [0.25, 0.3) is 5.91 Å². The molecule has 0 aliphatic heterocycles. The first kappa shape index (κ1) is 21.8. The van der Waals surface area contributed by atoms with Crippen LogP contribution in [0, 0.1) is 6.92 Å². The van der Waals surface area contributed by atoms with E-state index in [-0.39, 0.29) is 28.4 Å². The third-order valence-corrected chi connectivity index (χ3v) is 4.29. The molecule has 8 nitrogen and oxygen atoms in total. The highest BCUT2D eigenvalue weighted by molar-refractivity contribution is 6.07. The maximum absolute atomic E-state index is 12.8. The van der Waals surface area contributed by atoms with Gasteiger partial charge in [-0.1, -0.05) is 18.2 Å². The first-order valence-corrected chi connectivity index (χ1v) is 9.02. The van der Waals surface area contributed by atoms with E-state index in [0.717, 1.165) is 24.9 Å². The number of nitrogens with zero attached hydrogens (tertiary/aromatic N) is 2. The van der Waals surface area contributed by atoms with Crippen LogP contribution < -0.4 is 14.8 Å². The standard InChI is InChI=1S/C21H19F2N3O5/c1-12-9-16(25-26(12)13-7-5-4-6-8-13)19(27)24-15-11-18(31-21(22)23)17(29-2)10-14(15)20(28)30-3/h4-11,21H,1-3H3,(H,24,27). The van der Waals surface area contributed by atoms with Gasteiger partial charge in [-0.15, -0.1) is 0 Å². The molecule has 3 rings (SSSR count). The van der Waals surface area contributed by atoms with Gasteiger partial charge in [0.05, 0.1) is 31.2 Å². The fourth-order valence-corrected chi connectivity index (χ4v) is 2.89. The number of anilines is 1. The maximum Gasteiger partial charge on any atom is 0.387 e. The van der Waals surface area contributed by atoms with E-state index in [1.807, 2.05) is 30.3 Å². The molecule has 0 saturated carbocycles. The molecule has 0 atom stereocenters. The number of para-hydroxylation sites is 1. The lowest BCUT2D eigenvalue weighted by atomic mass is 10.1. The minimum Gasteiger partial charge on any atom is -0.493 e. The van der Waals surface area contributed by atoms with Gasteiger partial charge in [-0.25, -0.2) is 9.48 Å². The summed E-state index contributed by atoms with van der Waals surface area (Å²) < 4.78 is 41.2. The molecule has 10 heteroatoms. The van der Waals surface area contributed by atoms with E-state index < -0.39 is 18.5 Å². The van der Waals surface area contributed by atoms with Crippen molar-refractivity contribution in [2.75, 3.05) is 19.5 Å². The molecule has 0 spiro atoms. The number of benzene rings is 2. The van der Waals surface area contributed by atoms with Crippen LogP contribution in [0.2, 0.25) is 0 Å². The number of halogens is 2. The van der Waals surface area contributed by atoms with Crippen molar-refractivity contribution < 1.29 is 32.6 Å². The second-order valence-corrected chi connectivity index (χ2v) is 6.29. The highest BCUT2D eigenvalue weighted by Gasteiger charge is 2.22. The Kier molecular flexibility index (Phi) is 6.49. The van der Waals surface area contributed by atoms with Gasteiger partial charge in [-0.3, -0.25) is 4.79 Å². The van der Waals surface area contributed by atoms with Gasteiger partial charge in [-0.05, 0) is 25.1 Å². The van der Waals surface area contributed by atoms with E-state index in [4.69, 9.17) is 9.47 Å². The molecule has 2 aromatic carbocycles. The van der Waals surface area contributed by atoms with E-state index in [1.165, 1.54) is 7.11 Å². The summed E-state index contributed by atoms with van der Waals surface area (Å²) in [5, 5.41) is 6.79. The summed E-state index contributed by atoms with van der Waals surface area (Å²) in [6.07, 6.45) is 0. The minimum atomic E-state index is -3.13. The number of rotatable bonds is 7. The van der Waals surface area contributed by atoms with E-state index >= 15 is 0 Å². The fourth-order valence-electron chi connectivity index (χ4n) is 2.89. The smallest absolute Gasteiger partial charge is 0.387 e. The number of aromatic nitrogens is 2. The molecule has 0 radical (unpaired) electrons. The van der Waals surface area contributed by atoms with Gasteiger partial charge in [0, 0.05) is 17.8 Å². The van der Waals surface area contributed by atoms with Gasteiger partial charge >= 0.3 is 12.6 Å². The molecule has 3 aromatic rings. The molecule has 1 N–H and O–H groups in total. The number of nitrogens with one attached hydrogen (secondary N) is 1. The van der Waals surface area contributed by atoms with Crippen LogP contribution in [-0.2, 0) is 4.74 Å². The summed E-state index contributed by atoms with van der Waals surface area (Å²) in [5.41, 5.74) is 1.31. The Morgan fingerprint density at radius 1 is 1.06 bits per heavy atom. The van der Waals surface area contributed by atoms with Crippen molar-refractivity contribution in [3.05, 3.63) is 65.5 Å². The number of methoxy groups -OCH3 is 2. The summed E-state index contributed by atoms with van der Waals surface area (Å²) >= 11 is 0. The SMILES string of the molecule is COC(=O)c1cc(OC)c(OC(F)F)cc1NC(=O)c1cc(C)n(-c2ccccc2)n1. The molecule has 31 heavy (non-hydrogen) atoms. The van der Waals surface area contributed by atoms with Crippen molar-refractivity contribution in [3.8, 4) is 17.2 Å². The average molecular weight is 431 g/mol. The van der Waals surface area contributed by atoms with Crippen LogP contribution in [-0.4, -0.2) is 42.5 Å². The van der Waals surface area contributed by atoms with Crippen molar-refractivity contribution in [2.45, 2.75) is 13.5 Å². The number of hydrogen-bond acceptors (Lipinski definition) is 6. The van der Waals surface area contributed by atoms with Crippen LogP contribution in [0.25, 0.3) is 5.69 Å².